The summed E-state index contributed by atoms with van der Waals surface area (Å²) in [5.74, 6) is -0.0786. The maximum atomic E-state index is 12.3. The van der Waals surface area contributed by atoms with Crippen LogP contribution in [0.25, 0.3) is 33.1 Å². The molecule has 6 nitrogen and oxygen atoms in total. The number of nitrogens with one attached hydrogen (secondary N) is 2. The van der Waals surface area contributed by atoms with Crippen LogP contribution >= 0.6 is 0 Å². The van der Waals surface area contributed by atoms with Gasteiger partial charge in [0, 0.05) is 34.9 Å². The zero-order chi connectivity index (χ0) is 17.4. The molecule has 0 spiro atoms. The van der Waals surface area contributed by atoms with Crippen LogP contribution in [-0.4, -0.2) is 37.6 Å². The molecule has 2 N–H and O–H groups in total. The van der Waals surface area contributed by atoms with Crippen molar-refractivity contribution in [1.82, 2.24) is 24.9 Å². The molecule has 3 heterocycles. The fraction of sp³-hybridized carbons (Fsp3) is 0.125. The molecule has 0 amide bonds. The van der Waals surface area contributed by atoms with Gasteiger partial charge >= 0.3 is 6.18 Å². The Morgan fingerprint density at radius 3 is 2.84 bits per heavy atom. The lowest BCUT2D eigenvalue weighted by molar-refractivity contribution is -0.115. The first-order valence-corrected chi connectivity index (χ1v) is 7.34. The monoisotopic (exact) mass is 344 g/mol. The van der Waals surface area contributed by atoms with Crippen LogP contribution in [0.15, 0.2) is 43.1 Å². The van der Waals surface area contributed by atoms with Gasteiger partial charge in [0.2, 0.25) is 5.95 Å². The average molecular weight is 344 g/mol. The van der Waals surface area contributed by atoms with E-state index in [-0.39, 0.29) is 5.95 Å². The van der Waals surface area contributed by atoms with Gasteiger partial charge in [0.05, 0.1) is 5.52 Å². The standard InChI is InChI=1S/C16H11F3N6/c17-16(18,19)7-23-15-22-6-12-11(5-21-14(12)25-15)9-1-2-13-10(3-9)4-20-8-24-13/h1-6,8H,7H2,(H2,21,22,23,25). The number of H-pyrrole nitrogens is 1. The van der Waals surface area contributed by atoms with E-state index in [1.165, 1.54) is 12.5 Å². The molecule has 25 heavy (non-hydrogen) atoms. The van der Waals surface area contributed by atoms with Crippen molar-refractivity contribution in [2.24, 2.45) is 0 Å². The van der Waals surface area contributed by atoms with Crippen molar-refractivity contribution in [2.45, 2.75) is 6.18 Å². The topological polar surface area (TPSA) is 79.4 Å². The van der Waals surface area contributed by atoms with Crippen LogP contribution in [0.4, 0.5) is 19.1 Å². The lowest BCUT2D eigenvalue weighted by Gasteiger charge is -2.07. The minimum absolute atomic E-state index is 0.0786. The Morgan fingerprint density at radius 1 is 1.12 bits per heavy atom. The van der Waals surface area contributed by atoms with Crippen molar-refractivity contribution in [2.75, 3.05) is 11.9 Å². The normalized spacial score (nSPS) is 12.0. The lowest BCUT2D eigenvalue weighted by Crippen LogP contribution is -2.22. The van der Waals surface area contributed by atoms with E-state index in [4.69, 9.17) is 0 Å². The van der Waals surface area contributed by atoms with Crippen LogP contribution in [0.1, 0.15) is 0 Å². The summed E-state index contributed by atoms with van der Waals surface area (Å²) in [5.41, 5.74) is 3.05. The maximum Gasteiger partial charge on any atom is 0.405 e. The largest absolute Gasteiger partial charge is 0.405 e. The molecule has 9 heteroatoms. The summed E-state index contributed by atoms with van der Waals surface area (Å²) >= 11 is 0. The predicted molar refractivity (Wildman–Crippen MR) is 87.0 cm³/mol. The average Bonchev–Trinajstić information content (AvgIpc) is 3.02. The number of hydrogen-bond acceptors (Lipinski definition) is 5. The number of hydrogen-bond donors (Lipinski definition) is 2. The Bertz CT molecular complexity index is 1060. The highest BCUT2D eigenvalue weighted by Crippen LogP contribution is 2.29. The van der Waals surface area contributed by atoms with Gasteiger partial charge in [-0.25, -0.2) is 15.0 Å². The van der Waals surface area contributed by atoms with Crippen molar-refractivity contribution in [3.05, 3.63) is 43.1 Å². The maximum absolute atomic E-state index is 12.3. The molecule has 0 saturated carbocycles. The summed E-state index contributed by atoms with van der Waals surface area (Å²) in [6.07, 6.45) is 2.12. The van der Waals surface area contributed by atoms with E-state index >= 15 is 0 Å². The molecule has 0 aliphatic carbocycles. The quantitative estimate of drug-likeness (QED) is 0.594. The van der Waals surface area contributed by atoms with E-state index in [1.54, 1.807) is 12.4 Å². The highest BCUT2D eigenvalue weighted by Gasteiger charge is 2.27. The van der Waals surface area contributed by atoms with Crippen molar-refractivity contribution in [3.8, 4) is 11.1 Å². The fourth-order valence-electron chi connectivity index (χ4n) is 2.56. The van der Waals surface area contributed by atoms with Gasteiger partial charge in [0.25, 0.3) is 0 Å². The van der Waals surface area contributed by atoms with Crippen molar-refractivity contribution in [3.63, 3.8) is 0 Å². The third kappa shape index (κ3) is 3.08. The van der Waals surface area contributed by atoms with Crippen LogP contribution in [-0.2, 0) is 0 Å². The van der Waals surface area contributed by atoms with E-state index in [9.17, 15) is 13.2 Å². The highest BCUT2D eigenvalue weighted by molar-refractivity contribution is 5.96. The molecule has 0 bridgehead atoms. The first kappa shape index (κ1) is 15.3. The molecule has 3 aromatic heterocycles. The van der Waals surface area contributed by atoms with Crippen LogP contribution in [0.3, 0.4) is 0 Å². The zero-order valence-corrected chi connectivity index (χ0v) is 12.7. The summed E-state index contributed by atoms with van der Waals surface area (Å²) in [7, 11) is 0. The van der Waals surface area contributed by atoms with Crippen LogP contribution in [0.5, 0.6) is 0 Å². The first-order chi connectivity index (χ1) is 12.0. The van der Waals surface area contributed by atoms with E-state index in [1.807, 2.05) is 18.2 Å². The first-order valence-electron chi connectivity index (χ1n) is 7.34. The molecule has 0 aliphatic heterocycles. The van der Waals surface area contributed by atoms with E-state index < -0.39 is 12.7 Å². The molecule has 126 valence electrons. The fourth-order valence-corrected chi connectivity index (χ4v) is 2.56. The zero-order valence-electron chi connectivity index (χ0n) is 12.7. The molecule has 0 unspecified atom stereocenters. The summed E-state index contributed by atoms with van der Waals surface area (Å²) in [6, 6.07) is 5.73. The number of aromatic nitrogens is 5. The van der Waals surface area contributed by atoms with Gasteiger partial charge in [0.15, 0.2) is 0 Å². The third-order valence-corrected chi connectivity index (χ3v) is 3.69. The summed E-state index contributed by atoms with van der Waals surface area (Å²) in [6.45, 7) is -1.18. The predicted octanol–water partition coefficient (Wildman–Crippen LogP) is 3.54. The minimum Gasteiger partial charge on any atom is -0.345 e. The number of anilines is 1. The minimum atomic E-state index is -4.33. The summed E-state index contributed by atoms with van der Waals surface area (Å²) < 4.78 is 36.8. The Labute approximate surface area is 139 Å². The van der Waals surface area contributed by atoms with E-state index in [2.05, 4.69) is 30.2 Å². The van der Waals surface area contributed by atoms with Gasteiger partial charge in [-0.05, 0) is 17.7 Å². The second-order valence-electron chi connectivity index (χ2n) is 5.42. The Hall–Kier alpha value is -3.23. The molecule has 0 aliphatic rings. The van der Waals surface area contributed by atoms with Gasteiger partial charge in [0.1, 0.15) is 18.5 Å². The molecule has 4 rings (SSSR count). The SMILES string of the molecule is FC(F)(F)CNc1ncc2c(-c3ccc4ncncc4c3)c[nH]c2n1. The second-order valence-corrected chi connectivity index (χ2v) is 5.42. The lowest BCUT2D eigenvalue weighted by atomic mass is 10.0. The van der Waals surface area contributed by atoms with Crippen molar-refractivity contribution < 1.29 is 13.2 Å². The molecule has 1 aromatic carbocycles. The van der Waals surface area contributed by atoms with Gasteiger partial charge in [-0.1, -0.05) is 6.07 Å². The number of rotatable bonds is 3. The molecule has 4 aromatic rings. The Morgan fingerprint density at radius 2 is 2.00 bits per heavy atom. The second kappa shape index (κ2) is 5.69. The Balaban J connectivity index is 1.70. The smallest absolute Gasteiger partial charge is 0.345 e. The molecular weight excluding hydrogens is 333 g/mol. The van der Waals surface area contributed by atoms with Crippen molar-refractivity contribution >= 4 is 27.9 Å². The van der Waals surface area contributed by atoms with Gasteiger partial charge in [-0.15, -0.1) is 0 Å². The van der Waals surface area contributed by atoms with E-state index in [0.717, 1.165) is 22.0 Å². The van der Waals surface area contributed by atoms with E-state index in [0.29, 0.717) is 11.0 Å². The van der Waals surface area contributed by atoms with Crippen molar-refractivity contribution in [1.29, 1.82) is 0 Å². The summed E-state index contributed by atoms with van der Waals surface area (Å²) in [5, 5.41) is 3.77. The van der Waals surface area contributed by atoms with Crippen LogP contribution in [0.2, 0.25) is 0 Å². The molecule has 0 fully saturated rings. The van der Waals surface area contributed by atoms with Gasteiger partial charge in [-0.3, -0.25) is 0 Å². The molecule has 0 saturated heterocycles. The number of fused-ring (bicyclic) bond motifs is 2. The molecule has 0 radical (unpaired) electrons. The number of halogens is 3. The van der Waals surface area contributed by atoms with Crippen LogP contribution in [0, 0.1) is 0 Å². The van der Waals surface area contributed by atoms with Gasteiger partial charge < -0.3 is 10.3 Å². The number of nitrogens with zero attached hydrogens (tertiary/aromatic N) is 4. The molecular formula is C16H11F3N6. The number of aromatic amines is 1. The number of alkyl halides is 3. The Kier molecular flexibility index (Phi) is 3.48. The number of benzene rings is 1. The van der Waals surface area contributed by atoms with Gasteiger partial charge in [-0.2, -0.15) is 18.2 Å². The third-order valence-electron chi connectivity index (χ3n) is 3.69. The molecule has 0 atom stereocenters. The highest BCUT2D eigenvalue weighted by atomic mass is 19.4. The van der Waals surface area contributed by atoms with Crippen LogP contribution < -0.4 is 5.32 Å². The summed E-state index contributed by atoms with van der Waals surface area (Å²) in [4.78, 5) is 19.2.